The van der Waals surface area contributed by atoms with Gasteiger partial charge in [-0.15, -0.1) is 0 Å². The average Bonchev–Trinajstić information content (AvgIpc) is 1.59. The number of hydrogen-bond donors (Lipinski definition) is 3. The van der Waals surface area contributed by atoms with Gasteiger partial charge in [0.1, 0.15) is 94.0 Å². The normalized spacial score (nSPS) is 15.0. The first kappa shape index (κ1) is 89.7. The molecule has 6 N–H and O–H groups in total. The molecule has 3 amide bonds. The quantitative estimate of drug-likeness (QED) is 0.0244. The number of hydrogen-bond acceptors (Lipinski definition) is 23. The number of methoxy groups -OCH3 is 1. The predicted molar refractivity (Wildman–Crippen MR) is 507 cm³/mol. The maximum atomic E-state index is 14.1. The van der Waals surface area contributed by atoms with Crippen molar-refractivity contribution in [1.82, 2.24) is 57.3 Å². The van der Waals surface area contributed by atoms with E-state index in [2.05, 4.69) is 29.9 Å². The first-order valence-corrected chi connectivity index (χ1v) is 43.1. The van der Waals surface area contributed by atoms with Gasteiger partial charge in [0.05, 0.1) is 118 Å². The fraction of sp³-hybridized carbons (Fsp3) is 0.204. The maximum absolute atomic E-state index is 14.1. The second-order valence-corrected chi connectivity index (χ2v) is 33.2. The summed E-state index contributed by atoms with van der Waals surface area (Å²) in [5, 5.41) is 37.8. The lowest BCUT2D eigenvalue weighted by Gasteiger charge is -2.38. The van der Waals surface area contributed by atoms with E-state index >= 15 is 0 Å². The van der Waals surface area contributed by atoms with Gasteiger partial charge in [-0.1, -0.05) is 48.5 Å². The minimum absolute atomic E-state index is 0.0955. The second kappa shape index (κ2) is 37.7. The Morgan fingerprint density at radius 2 is 0.821 bits per heavy atom. The molecule has 6 aromatic heterocycles. The van der Waals surface area contributed by atoms with Gasteiger partial charge >= 0.3 is 17.1 Å². The van der Waals surface area contributed by atoms with E-state index in [0.717, 1.165) is 38.5 Å². The molecule has 7 heterocycles. The van der Waals surface area contributed by atoms with E-state index in [1.165, 1.54) is 93.7 Å². The highest BCUT2D eigenvalue weighted by Gasteiger charge is 2.38. The van der Waals surface area contributed by atoms with Crippen molar-refractivity contribution in [2.45, 2.75) is 56.7 Å². The molecule has 15 aromatic rings. The summed E-state index contributed by atoms with van der Waals surface area (Å²) in [7, 11) is 9.61. The molecule has 0 bridgehead atoms. The van der Waals surface area contributed by atoms with Crippen LogP contribution in [-0.2, 0) is 14.4 Å². The largest absolute Gasteiger partial charge is 0.633 e. The van der Waals surface area contributed by atoms with Crippen LogP contribution in [0.4, 0.5) is 38.9 Å². The smallest absolute Gasteiger partial charge is 0.339 e. The Hall–Kier alpha value is -16.3. The zero-order valence-electron chi connectivity index (χ0n) is 73.9. The number of amides is 3. The molecule has 3 saturated carbocycles. The number of rotatable bonds is 27. The van der Waals surface area contributed by atoms with Crippen LogP contribution in [0.3, 0.4) is 0 Å². The highest BCUT2D eigenvalue weighted by atomic mass is 19.1. The van der Waals surface area contributed by atoms with Gasteiger partial charge < -0.3 is 85.1 Å². The zero-order valence-corrected chi connectivity index (χ0v) is 73.9. The van der Waals surface area contributed by atoms with E-state index in [1.54, 1.807) is 204 Å². The van der Waals surface area contributed by atoms with Crippen LogP contribution in [0.1, 0.15) is 38.5 Å². The summed E-state index contributed by atoms with van der Waals surface area (Å²) in [6.45, 7) is 1.28. The second-order valence-electron chi connectivity index (χ2n) is 33.2. The molecule has 19 rings (SSSR count). The first-order valence-electron chi connectivity index (χ1n) is 43.1. The van der Waals surface area contributed by atoms with Gasteiger partial charge in [0, 0.05) is 82.6 Å². The lowest BCUT2D eigenvalue weighted by molar-refractivity contribution is -0.865. The van der Waals surface area contributed by atoms with Crippen molar-refractivity contribution in [2.24, 2.45) is 0 Å². The topological polar surface area (TPSA) is 412 Å². The van der Waals surface area contributed by atoms with E-state index in [9.17, 15) is 48.8 Å². The van der Waals surface area contributed by atoms with Gasteiger partial charge in [-0.25, -0.2) is 62.4 Å². The SMILES string of the molecule is CN(C(=O)/C=C/C[N+](C)([O-])C1CC1)c1cccc(-n2c(=O)n(-c3ccc(Oc4cccc(F)c4)cc3)c3c(N)ncnc32)c1.COc1ccc(-n2c(=O)n(-c3ccc(Oc4ccccc4)cc3)c3c(N)ncnc32)cc1N(C)C(=O)/C=C/C[N+](C)([O-])C1CC1.C[N+]([O-])(C/C=C/C(=O)N1CCOc2ccc(-n3c(=O)n(-c4ccc(Oc5ccccc5)cc4)c4c(N)ncnc43)cc21)C1CC1. The summed E-state index contributed by atoms with van der Waals surface area (Å²) >= 11 is 0. The van der Waals surface area contributed by atoms with Crippen molar-refractivity contribution in [2.75, 3.05) is 107 Å². The maximum Gasteiger partial charge on any atom is 0.339 e. The van der Waals surface area contributed by atoms with Crippen LogP contribution in [0.5, 0.6) is 46.0 Å². The molecule has 134 heavy (non-hydrogen) atoms. The number of hydroxylamine groups is 9. The molecule has 4 aliphatic rings. The summed E-state index contributed by atoms with van der Waals surface area (Å²) in [5.41, 5.74) is 23.8. The third kappa shape index (κ3) is 19.2. The van der Waals surface area contributed by atoms with Crippen molar-refractivity contribution in [3.8, 4) is 80.1 Å². The van der Waals surface area contributed by atoms with Crippen LogP contribution < -0.4 is 72.7 Å². The summed E-state index contributed by atoms with van der Waals surface area (Å²) in [5.74, 6) is 3.32. The number of quaternary nitrogens is 3. The predicted octanol–water partition coefficient (Wildman–Crippen LogP) is 13.6. The molecule has 0 spiro atoms. The number of para-hydroxylation sites is 2. The number of benzene rings is 9. The summed E-state index contributed by atoms with van der Waals surface area (Å²) in [6.07, 6.45) is 18.4. The third-order valence-corrected chi connectivity index (χ3v) is 23.6. The van der Waals surface area contributed by atoms with Crippen molar-refractivity contribution < 1.29 is 56.4 Å². The van der Waals surface area contributed by atoms with Crippen LogP contribution in [0, 0.1) is 21.4 Å². The highest BCUT2D eigenvalue weighted by molar-refractivity contribution is 6.04. The molecule has 3 fully saturated rings. The van der Waals surface area contributed by atoms with Crippen molar-refractivity contribution in [3.05, 3.63) is 327 Å². The lowest BCUT2D eigenvalue weighted by atomic mass is 10.2. The third-order valence-electron chi connectivity index (χ3n) is 23.6. The van der Waals surface area contributed by atoms with Gasteiger partial charge in [-0.05, 0) is 182 Å². The number of fused-ring (bicyclic) bond motifs is 4. The summed E-state index contributed by atoms with van der Waals surface area (Å²) < 4.78 is 49.9. The van der Waals surface area contributed by atoms with Crippen LogP contribution in [-0.4, -0.2) is 182 Å². The number of nitrogens with zero attached hydrogens (tertiary/aromatic N) is 18. The van der Waals surface area contributed by atoms with E-state index in [4.69, 9.17) is 40.9 Å². The minimum Gasteiger partial charge on any atom is -0.633 e. The molecular formula is C98H94FN21O14. The number of halogens is 1. The molecule has 9 aromatic carbocycles. The van der Waals surface area contributed by atoms with Crippen LogP contribution in [0.25, 0.3) is 67.6 Å². The van der Waals surface area contributed by atoms with Crippen molar-refractivity contribution in [3.63, 3.8) is 0 Å². The first-order chi connectivity index (χ1) is 64.6. The van der Waals surface area contributed by atoms with E-state index in [1.807, 2.05) is 60.7 Å². The molecule has 3 aliphatic carbocycles. The van der Waals surface area contributed by atoms with Crippen molar-refractivity contribution >= 4 is 85.7 Å². The molecule has 682 valence electrons. The Morgan fingerprint density at radius 1 is 0.440 bits per heavy atom. The average molecular weight is 1810 g/mol. The Labute approximate surface area is 766 Å². The number of aromatic nitrogens is 12. The standard InChI is InChI=1S/C33H31N7O5.C33H33N7O5.C32H30FN7O4/c1-40(43,24-12-13-24)18-5-8-29(41)37-17-19-44-28-16-11-23(20-27(28)37)39-32-30(31(34)35-21-36-32)38(33(39)42)22-9-14-26(15-10-22)45-25-6-3-2-4-7-25;1-37(29(41)10-7-19-40(2,43)24-14-15-24)27-20-23(13-18-28(27)44-3)39-32-30(31(34)35-21-36-32)38(33(39)42)22-11-16-26(17-12-22)45-25-8-5-4-6-9-25;1-37(28(41)10-5-17-40(2,43)25-13-14-25)23-7-4-8-24(19-23)39-31-29(30(34)35-20-36-31)38(32(39)42)22-11-15-26(16-12-22)44-27-9-3-6-21(33)18-27/h2-11,14-16,20-21,24H,12-13,17-19H2,1H3,(H2,34,35,36);4-13,16-18,20-21,24H,14-15,19H2,1-3H3,(H2,34,35,36);3-12,15-16,18-20,25H,13-14,17H2,1-2H3,(H2,34,35,36)/b8-5+;10-7+;10-5+. The monoisotopic (exact) mass is 1810 g/mol. The van der Waals surface area contributed by atoms with Crippen molar-refractivity contribution in [1.29, 1.82) is 0 Å². The number of imidazole rings is 3. The summed E-state index contributed by atoms with van der Waals surface area (Å²) in [4.78, 5) is 112. The number of likely N-dealkylation sites (N-methyl/N-ethyl adjacent to an activating group) is 5. The Balaban J connectivity index is 0.000000140. The van der Waals surface area contributed by atoms with Crippen LogP contribution >= 0.6 is 0 Å². The lowest BCUT2D eigenvalue weighted by Crippen LogP contribution is -2.40. The molecule has 36 heteroatoms. The fourth-order valence-electron chi connectivity index (χ4n) is 15.9. The summed E-state index contributed by atoms with van der Waals surface area (Å²) in [6, 6.07) is 62.8. The number of ether oxygens (including phenoxy) is 5. The molecule has 0 saturated heterocycles. The zero-order chi connectivity index (χ0) is 93.9. The minimum atomic E-state index is -0.454. The van der Waals surface area contributed by atoms with Gasteiger partial charge in [-0.3, -0.25) is 28.1 Å². The van der Waals surface area contributed by atoms with Crippen LogP contribution in [0.15, 0.2) is 288 Å². The van der Waals surface area contributed by atoms with Crippen LogP contribution in [0.2, 0.25) is 0 Å². The Bertz CT molecular complexity index is 7010. The van der Waals surface area contributed by atoms with Gasteiger partial charge in [0.25, 0.3) is 17.7 Å². The molecular weight excluding hydrogens is 1710 g/mol. The molecule has 1 aliphatic heterocycles. The van der Waals surface area contributed by atoms with E-state index < -0.39 is 27.5 Å². The fourth-order valence-corrected chi connectivity index (χ4v) is 15.9. The number of anilines is 6. The van der Waals surface area contributed by atoms with Gasteiger partial charge in [0.15, 0.2) is 34.4 Å². The highest BCUT2D eigenvalue weighted by Crippen LogP contribution is 2.40. The number of carbonyl (C=O) groups is 3. The van der Waals surface area contributed by atoms with E-state index in [-0.39, 0.29) is 93.5 Å². The number of carbonyl (C=O) groups excluding carboxylic acids is 3. The van der Waals surface area contributed by atoms with E-state index in [0.29, 0.717) is 133 Å². The van der Waals surface area contributed by atoms with Gasteiger partial charge in [0.2, 0.25) is 0 Å². The Kier molecular flexibility index (Phi) is 25.2. The molecule has 35 nitrogen and oxygen atoms in total. The molecule has 3 unspecified atom stereocenters. The Morgan fingerprint density at radius 3 is 1.25 bits per heavy atom. The molecule has 0 radical (unpaired) electrons. The van der Waals surface area contributed by atoms with Gasteiger partial charge in [-0.2, -0.15) is 0 Å². The molecule has 3 atom stereocenters. The number of nitrogens with two attached hydrogens (primary N) is 3. The number of nitrogen functional groups attached to an aromatic ring is 3.